The summed E-state index contributed by atoms with van der Waals surface area (Å²) < 4.78 is 5.23. The van der Waals surface area contributed by atoms with Crippen LogP contribution in [0.25, 0.3) is 0 Å². The van der Waals surface area contributed by atoms with E-state index >= 15 is 0 Å². The smallest absolute Gasteiger partial charge is 0.227 e. The fourth-order valence-electron chi connectivity index (χ4n) is 3.28. The van der Waals surface area contributed by atoms with Crippen molar-refractivity contribution >= 4 is 18.3 Å². The van der Waals surface area contributed by atoms with Crippen molar-refractivity contribution in [2.75, 3.05) is 13.7 Å². The second kappa shape index (κ2) is 9.78. The van der Waals surface area contributed by atoms with Gasteiger partial charge in [-0.05, 0) is 43.4 Å². The molecule has 0 saturated heterocycles. The van der Waals surface area contributed by atoms with Gasteiger partial charge in [-0.3, -0.25) is 4.79 Å². The number of nitrogens with two attached hydrogens (primary N) is 1. The highest BCUT2D eigenvalue weighted by atomic mass is 35.5. The number of hydrogen-bond donors (Lipinski definition) is 2. The maximum atomic E-state index is 12.5. The minimum Gasteiger partial charge on any atom is -0.497 e. The molecular weight excluding hydrogens is 312 g/mol. The Morgan fingerprint density at radius 1 is 1.35 bits per heavy atom. The third-order valence-electron chi connectivity index (χ3n) is 4.79. The number of ether oxygens (including phenoxy) is 1. The molecule has 0 bridgehead atoms. The Hall–Kier alpha value is -1.26. The lowest BCUT2D eigenvalue weighted by atomic mass is 9.83. The van der Waals surface area contributed by atoms with Crippen molar-refractivity contribution in [3.8, 4) is 5.75 Å². The van der Waals surface area contributed by atoms with Crippen molar-refractivity contribution in [1.82, 2.24) is 5.32 Å². The summed E-state index contributed by atoms with van der Waals surface area (Å²) in [6.45, 7) is 2.44. The lowest BCUT2D eigenvalue weighted by Gasteiger charge is -2.31. The van der Waals surface area contributed by atoms with Crippen molar-refractivity contribution in [3.05, 3.63) is 29.8 Å². The van der Waals surface area contributed by atoms with Gasteiger partial charge in [0.05, 0.1) is 13.0 Å². The molecule has 0 heterocycles. The Balaban J connectivity index is 0.00000264. The molecule has 0 aromatic heterocycles. The summed E-state index contributed by atoms with van der Waals surface area (Å²) in [6.07, 6.45) is 6.16. The van der Waals surface area contributed by atoms with Gasteiger partial charge in [0.25, 0.3) is 0 Å². The van der Waals surface area contributed by atoms with Crippen LogP contribution in [0.15, 0.2) is 24.3 Å². The molecule has 1 amide bonds. The van der Waals surface area contributed by atoms with Crippen LogP contribution in [-0.2, 0) is 4.79 Å². The Morgan fingerprint density at radius 2 is 2.04 bits per heavy atom. The fraction of sp³-hybridized carbons (Fsp3) is 0.611. The number of benzene rings is 1. The van der Waals surface area contributed by atoms with Crippen LogP contribution in [0.1, 0.15) is 50.5 Å². The highest BCUT2D eigenvalue weighted by Gasteiger charge is 2.26. The predicted octanol–water partition coefficient (Wildman–Crippen LogP) is 3.24. The van der Waals surface area contributed by atoms with Gasteiger partial charge in [0.2, 0.25) is 5.91 Å². The second-order valence-corrected chi connectivity index (χ2v) is 6.25. The Kier molecular flexibility index (Phi) is 8.42. The summed E-state index contributed by atoms with van der Waals surface area (Å²) in [6, 6.07) is 7.78. The Labute approximate surface area is 145 Å². The molecule has 2 rings (SSSR count). The fourth-order valence-corrected chi connectivity index (χ4v) is 3.28. The molecule has 130 valence electrons. The van der Waals surface area contributed by atoms with Gasteiger partial charge in [0, 0.05) is 12.6 Å². The minimum absolute atomic E-state index is 0. The number of halogens is 1. The molecule has 0 spiro atoms. The summed E-state index contributed by atoms with van der Waals surface area (Å²) in [5.41, 5.74) is 6.87. The van der Waals surface area contributed by atoms with E-state index in [-0.39, 0.29) is 30.3 Å². The topological polar surface area (TPSA) is 64.3 Å². The zero-order chi connectivity index (χ0) is 15.9. The Morgan fingerprint density at radius 3 is 2.65 bits per heavy atom. The van der Waals surface area contributed by atoms with Crippen LogP contribution in [0.4, 0.5) is 0 Å². The molecule has 1 saturated carbocycles. The van der Waals surface area contributed by atoms with Gasteiger partial charge in [0.15, 0.2) is 0 Å². The number of hydrogen-bond acceptors (Lipinski definition) is 3. The van der Waals surface area contributed by atoms with Crippen molar-refractivity contribution in [2.24, 2.45) is 11.7 Å². The van der Waals surface area contributed by atoms with E-state index in [1.165, 1.54) is 32.1 Å². The molecule has 1 aromatic carbocycles. The summed E-state index contributed by atoms with van der Waals surface area (Å²) in [5.74, 6) is 1.15. The SMILES string of the molecule is COc1cccc(C(C)C(=O)NC(CN)C2CCCCC2)c1.Cl. The van der Waals surface area contributed by atoms with E-state index in [0.29, 0.717) is 12.5 Å². The number of carbonyl (C=O) groups is 1. The normalized spacial score (nSPS) is 17.7. The molecule has 0 radical (unpaired) electrons. The molecule has 1 fully saturated rings. The van der Waals surface area contributed by atoms with Crippen LogP contribution in [-0.4, -0.2) is 25.6 Å². The zero-order valence-electron chi connectivity index (χ0n) is 14.1. The van der Waals surface area contributed by atoms with Crippen LogP contribution in [0.3, 0.4) is 0 Å². The van der Waals surface area contributed by atoms with Gasteiger partial charge in [-0.2, -0.15) is 0 Å². The second-order valence-electron chi connectivity index (χ2n) is 6.25. The third-order valence-corrected chi connectivity index (χ3v) is 4.79. The quantitative estimate of drug-likeness (QED) is 0.835. The van der Waals surface area contributed by atoms with Crippen molar-refractivity contribution in [2.45, 2.75) is 51.0 Å². The van der Waals surface area contributed by atoms with E-state index in [9.17, 15) is 4.79 Å². The molecule has 5 heteroatoms. The molecule has 4 nitrogen and oxygen atoms in total. The summed E-state index contributed by atoms with van der Waals surface area (Å²) in [5, 5.41) is 3.17. The van der Waals surface area contributed by atoms with Gasteiger partial charge >= 0.3 is 0 Å². The van der Waals surface area contributed by atoms with Crippen LogP contribution >= 0.6 is 12.4 Å². The first-order chi connectivity index (χ1) is 10.7. The van der Waals surface area contributed by atoms with E-state index in [0.717, 1.165) is 11.3 Å². The third kappa shape index (κ3) is 5.40. The number of nitrogens with one attached hydrogen (secondary N) is 1. The predicted molar refractivity (Wildman–Crippen MR) is 96.2 cm³/mol. The van der Waals surface area contributed by atoms with E-state index in [1.54, 1.807) is 7.11 Å². The van der Waals surface area contributed by atoms with Crippen LogP contribution in [0.5, 0.6) is 5.75 Å². The number of carbonyl (C=O) groups excluding carboxylic acids is 1. The molecule has 1 aliphatic rings. The molecule has 3 N–H and O–H groups in total. The lowest BCUT2D eigenvalue weighted by Crippen LogP contribution is -2.47. The highest BCUT2D eigenvalue weighted by Crippen LogP contribution is 2.27. The first-order valence-electron chi connectivity index (χ1n) is 8.30. The molecular formula is C18H29ClN2O2. The maximum absolute atomic E-state index is 12.5. The average molecular weight is 341 g/mol. The van der Waals surface area contributed by atoms with Crippen molar-refractivity contribution in [3.63, 3.8) is 0 Å². The van der Waals surface area contributed by atoms with Crippen molar-refractivity contribution in [1.29, 1.82) is 0 Å². The molecule has 2 atom stereocenters. The molecule has 1 aliphatic carbocycles. The minimum atomic E-state index is -0.201. The van der Waals surface area contributed by atoms with E-state index in [1.807, 2.05) is 31.2 Å². The number of rotatable bonds is 6. The summed E-state index contributed by atoms with van der Waals surface area (Å²) in [4.78, 5) is 12.5. The molecule has 23 heavy (non-hydrogen) atoms. The lowest BCUT2D eigenvalue weighted by molar-refractivity contribution is -0.123. The van der Waals surface area contributed by atoms with Gasteiger partial charge in [0.1, 0.15) is 5.75 Å². The van der Waals surface area contributed by atoms with Gasteiger partial charge in [-0.15, -0.1) is 12.4 Å². The van der Waals surface area contributed by atoms with E-state index in [4.69, 9.17) is 10.5 Å². The average Bonchev–Trinajstić information content (AvgIpc) is 2.59. The number of amides is 1. The van der Waals surface area contributed by atoms with Crippen molar-refractivity contribution < 1.29 is 9.53 Å². The first-order valence-corrected chi connectivity index (χ1v) is 8.30. The summed E-state index contributed by atoms with van der Waals surface area (Å²) >= 11 is 0. The van der Waals surface area contributed by atoms with Gasteiger partial charge in [-0.25, -0.2) is 0 Å². The monoisotopic (exact) mass is 340 g/mol. The van der Waals surface area contributed by atoms with Gasteiger partial charge in [-0.1, -0.05) is 31.4 Å². The standard InChI is InChI=1S/C18H28N2O2.ClH/c1-13(15-9-6-10-16(11-15)22-2)18(21)20-17(12-19)14-7-4-3-5-8-14;/h6,9-11,13-14,17H,3-5,7-8,12,19H2,1-2H3,(H,20,21);1H. The maximum Gasteiger partial charge on any atom is 0.227 e. The van der Waals surface area contributed by atoms with E-state index < -0.39 is 0 Å². The van der Waals surface area contributed by atoms with Crippen LogP contribution in [0.2, 0.25) is 0 Å². The van der Waals surface area contributed by atoms with Crippen LogP contribution in [0, 0.1) is 5.92 Å². The molecule has 1 aromatic rings. The highest BCUT2D eigenvalue weighted by molar-refractivity contribution is 5.85. The first kappa shape index (κ1) is 19.8. The van der Waals surface area contributed by atoms with E-state index in [2.05, 4.69) is 5.32 Å². The molecule has 2 unspecified atom stereocenters. The molecule has 0 aliphatic heterocycles. The summed E-state index contributed by atoms with van der Waals surface area (Å²) in [7, 11) is 1.64. The largest absolute Gasteiger partial charge is 0.497 e. The number of methoxy groups -OCH3 is 1. The van der Waals surface area contributed by atoms with Crippen LogP contribution < -0.4 is 15.8 Å². The van der Waals surface area contributed by atoms with Gasteiger partial charge < -0.3 is 15.8 Å². The zero-order valence-corrected chi connectivity index (χ0v) is 14.9. The Bertz CT molecular complexity index is 490.